The van der Waals surface area contributed by atoms with Crippen molar-refractivity contribution in [3.8, 4) is 0 Å². The molecule has 84 valence electrons. The quantitative estimate of drug-likeness (QED) is 0.707. The van der Waals surface area contributed by atoms with Crippen LogP contribution in [0.25, 0.3) is 0 Å². The zero-order valence-electron chi connectivity index (χ0n) is 9.51. The third-order valence-electron chi connectivity index (χ3n) is 2.79. The van der Waals surface area contributed by atoms with Crippen molar-refractivity contribution < 1.29 is 0 Å². The highest BCUT2D eigenvalue weighted by molar-refractivity contribution is 7.99. The van der Waals surface area contributed by atoms with Crippen molar-refractivity contribution >= 4 is 11.8 Å². The fourth-order valence-electron chi connectivity index (χ4n) is 1.81. The first-order chi connectivity index (χ1) is 6.83. The average Bonchev–Trinajstić information content (AvgIpc) is 2.25. The first kappa shape index (κ1) is 12.3. The lowest BCUT2D eigenvalue weighted by Crippen LogP contribution is -2.37. The predicted molar refractivity (Wildman–Crippen MR) is 66.1 cm³/mol. The van der Waals surface area contributed by atoms with Crippen molar-refractivity contribution in [2.75, 3.05) is 31.1 Å². The SMILES string of the molecule is CCSCC(C)NCC1CCNCC1. The Balaban J connectivity index is 2.00. The molecule has 1 atom stereocenters. The van der Waals surface area contributed by atoms with Gasteiger partial charge in [-0.25, -0.2) is 0 Å². The van der Waals surface area contributed by atoms with E-state index < -0.39 is 0 Å². The third-order valence-corrected chi connectivity index (χ3v) is 3.93. The Kier molecular flexibility index (Phi) is 6.65. The standard InChI is InChI=1S/C11H24N2S/c1-3-14-9-10(2)13-8-11-4-6-12-7-5-11/h10-13H,3-9H2,1-2H3. The third kappa shape index (κ3) is 5.23. The van der Waals surface area contributed by atoms with Gasteiger partial charge in [0.1, 0.15) is 0 Å². The zero-order chi connectivity index (χ0) is 10.2. The molecule has 0 aromatic heterocycles. The average molecular weight is 216 g/mol. The molecular weight excluding hydrogens is 192 g/mol. The molecule has 1 saturated heterocycles. The molecule has 1 aliphatic rings. The summed E-state index contributed by atoms with van der Waals surface area (Å²) in [4.78, 5) is 0. The number of hydrogen-bond acceptors (Lipinski definition) is 3. The van der Waals surface area contributed by atoms with E-state index in [4.69, 9.17) is 0 Å². The highest BCUT2D eigenvalue weighted by Crippen LogP contribution is 2.10. The Morgan fingerprint density at radius 1 is 1.43 bits per heavy atom. The van der Waals surface area contributed by atoms with Crippen molar-refractivity contribution in [1.82, 2.24) is 10.6 Å². The molecule has 0 aliphatic carbocycles. The second-order valence-corrected chi connectivity index (χ2v) is 5.48. The number of rotatable bonds is 6. The second kappa shape index (κ2) is 7.55. The number of piperidine rings is 1. The predicted octanol–water partition coefficient (Wildman–Crippen LogP) is 1.72. The smallest absolute Gasteiger partial charge is 0.0130 e. The minimum Gasteiger partial charge on any atom is -0.317 e. The molecule has 3 heteroatoms. The maximum Gasteiger partial charge on any atom is 0.0130 e. The largest absolute Gasteiger partial charge is 0.317 e. The van der Waals surface area contributed by atoms with Crippen LogP contribution in [0.3, 0.4) is 0 Å². The van der Waals surface area contributed by atoms with Crippen molar-refractivity contribution in [1.29, 1.82) is 0 Å². The molecule has 2 N–H and O–H groups in total. The summed E-state index contributed by atoms with van der Waals surface area (Å²) < 4.78 is 0. The van der Waals surface area contributed by atoms with E-state index in [0.29, 0.717) is 6.04 Å². The molecule has 14 heavy (non-hydrogen) atoms. The van der Waals surface area contributed by atoms with Gasteiger partial charge in [-0.1, -0.05) is 6.92 Å². The number of nitrogens with one attached hydrogen (secondary N) is 2. The summed E-state index contributed by atoms with van der Waals surface area (Å²) in [6.45, 7) is 8.16. The summed E-state index contributed by atoms with van der Waals surface area (Å²) in [5.41, 5.74) is 0. The van der Waals surface area contributed by atoms with E-state index in [2.05, 4.69) is 24.5 Å². The van der Waals surface area contributed by atoms with Gasteiger partial charge in [0.05, 0.1) is 0 Å². The van der Waals surface area contributed by atoms with Gasteiger partial charge in [-0.2, -0.15) is 11.8 Å². The molecule has 0 amide bonds. The van der Waals surface area contributed by atoms with Gasteiger partial charge in [-0.3, -0.25) is 0 Å². The lowest BCUT2D eigenvalue weighted by Gasteiger charge is -2.24. The van der Waals surface area contributed by atoms with Gasteiger partial charge in [-0.15, -0.1) is 0 Å². The Labute approximate surface area is 92.6 Å². The van der Waals surface area contributed by atoms with Crippen LogP contribution in [0.4, 0.5) is 0 Å². The van der Waals surface area contributed by atoms with Crippen LogP contribution in [0.1, 0.15) is 26.7 Å². The Hall–Kier alpha value is 0.270. The van der Waals surface area contributed by atoms with Crippen LogP contribution in [0.15, 0.2) is 0 Å². The number of thioether (sulfide) groups is 1. The summed E-state index contributed by atoms with van der Waals surface area (Å²) in [6, 6.07) is 0.676. The van der Waals surface area contributed by atoms with E-state index in [1.54, 1.807) is 0 Å². The Morgan fingerprint density at radius 3 is 2.79 bits per heavy atom. The highest BCUT2D eigenvalue weighted by atomic mass is 32.2. The van der Waals surface area contributed by atoms with Crippen LogP contribution in [0.2, 0.25) is 0 Å². The van der Waals surface area contributed by atoms with E-state index in [1.807, 2.05) is 11.8 Å². The highest BCUT2D eigenvalue weighted by Gasteiger charge is 2.13. The van der Waals surface area contributed by atoms with Gasteiger partial charge < -0.3 is 10.6 Å². The van der Waals surface area contributed by atoms with Crippen LogP contribution in [0.5, 0.6) is 0 Å². The second-order valence-electron chi connectivity index (χ2n) is 4.16. The monoisotopic (exact) mass is 216 g/mol. The molecule has 2 nitrogen and oxygen atoms in total. The molecule has 0 aromatic rings. The topological polar surface area (TPSA) is 24.1 Å². The summed E-state index contributed by atoms with van der Waals surface area (Å²) in [5.74, 6) is 3.39. The summed E-state index contributed by atoms with van der Waals surface area (Å²) in [5, 5.41) is 7.04. The van der Waals surface area contributed by atoms with Crippen LogP contribution >= 0.6 is 11.8 Å². The van der Waals surface area contributed by atoms with Crippen molar-refractivity contribution in [3.63, 3.8) is 0 Å². The van der Waals surface area contributed by atoms with E-state index in [9.17, 15) is 0 Å². The number of hydrogen-bond donors (Lipinski definition) is 2. The van der Waals surface area contributed by atoms with E-state index in [1.165, 1.54) is 44.0 Å². The van der Waals surface area contributed by atoms with Gasteiger partial charge in [0.15, 0.2) is 0 Å². The zero-order valence-corrected chi connectivity index (χ0v) is 10.3. The summed E-state index contributed by atoms with van der Waals surface area (Å²) in [7, 11) is 0. The van der Waals surface area contributed by atoms with Crippen molar-refractivity contribution in [2.45, 2.75) is 32.7 Å². The van der Waals surface area contributed by atoms with Gasteiger partial charge in [0.25, 0.3) is 0 Å². The lowest BCUT2D eigenvalue weighted by molar-refractivity contribution is 0.348. The molecule has 1 aliphatic heterocycles. The normalized spacial score (nSPS) is 21.0. The molecule has 0 saturated carbocycles. The van der Waals surface area contributed by atoms with Gasteiger partial charge in [-0.05, 0) is 51.1 Å². The van der Waals surface area contributed by atoms with Gasteiger partial charge >= 0.3 is 0 Å². The summed E-state index contributed by atoms with van der Waals surface area (Å²) in [6.07, 6.45) is 2.70. The fraction of sp³-hybridized carbons (Fsp3) is 1.00. The molecule has 1 unspecified atom stereocenters. The van der Waals surface area contributed by atoms with E-state index in [-0.39, 0.29) is 0 Å². The molecule has 1 fully saturated rings. The van der Waals surface area contributed by atoms with Crippen molar-refractivity contribution in [2.24, 2.45) is 5.92 Å². The molecule has 0 radical (unpaired) electrons. The molecule has 1 heterocycles. The molecule has 1 rings (SSSR count). The minimum atomic E-state index is 0.676. The van der Waals surface area contributed by atoms with Crippen LogP contribution in [-0.2, 0) is 0 Å². The van der Waals surface area contributed by atoms with E-state index >= 15 is 0 Å². The van der Waals surface area contributed by atoms with E-state index in [0.717, 1.165) is 5.92 Å². The summed E-state index contributed by atoms with van der Waals surface area (Å²) >= 11 is 2.03. The molecule has 0 bridgehead atoms. The van der Waals surface area contributed by atoms with Gasteiger partial charge in [0, 0.05) is 11.8 Å². The Morgan fingerprint density at radius 2 is 2.14 bits per heavy atom. The van der Waals surface area contributed by atoms with Crippen LogP contribution in [0, 0.1) is 5.92 Å². The molecular formula is C11H24N2S. The lowest BCUT2D eigenvalue weighted by atomic mass is 9.98. The Bertz CT molecular complexity index is 135. The fourth-order valence-corrected chi connectivity index (χ4v) is 2.51. The first-order valence-corrected chi connectivity index (χ1v) is 7.00. The van der Waals surface area contributed by atoms with Gasteiger partial charge in [0.2, 0.25) is 0 Å². The van der Waals surface area contributed by atoms with Crippen LogP contribution in [-0.4, -0.2) is 37.2 Å². The first-order valence-electron chi connectivity index (χ1n) is 5.84. The maximum atomic E-state index is 3.64. The van der Waals surface area contributed by atoms with Crippen LogP contribution < -0.4 is 10.6 Å². The molecule has 0 spiro atoms. The van der Waals surface area contributed by atoms with Crippen molar-refractivity contribution in [3.05, 3.63) is 0 Å². The minimum absolute atomic E-state index is 0.676. The molecule has 0 aromatic carbocycles. The maximum absolute atomic E-state index is 3.64.